The van der Waals surface area contributed by atoms with Crippen LogP contribution in [-0.2, 0) is 13.2 Å². The number of hydrogen-bond donors (Lipinski definition) is 0. The number of ether oxygens (including phenoxy) is 1. The van der Waals surface area contributed by atoms with Crippen LogP contribution in [0.1, 0.15) is 40.9 Å². The van der Waals surface area contributed by atoms with Crippen LogP contribution < -0.4 is 4.74 Å². The van der Waals surface area contributed by atoms with Crippen LogP contribution in [0, 0.1) is 5.92 Å². The van der Waals surface area contributed by atoms with Crippen LogP contribution in [-0.4, -0.2) is 22.3 Å². The van der Waals surface area contributed by atoms with Crippen LogP contribution in [0.3, 0.4) is 0 Å². The second-order valence-electron chi connectivity index (χ2n) is 7.26. The molecule has 1 saturated carbocycles. The Morgan fingerprint density at radius 1 is 1.14 bits per heavy atom. The Labute approximate surface area is 169 Å². The zero-order chi connectivity index (χ0) is 19.2. The average Bonchev–Trinajstić information content (AvgIpc) is 3.22. The lowest BCUT2D eigenvalue weighted by molar-refractivity contribution is 0.0679. The highest BCUT2D eigenvalue weighted by Gasteiger charge is 2.24. The molecule has 5 heteroatoms. The van der Waals surface area contributed by atoms with E-state index in [1.54, 1.807) is 16.8 Å². The van der Waals surface area contributed by atoms with E-state index in [1.807, 2.05) is 52.7 Å². The summed E-state index contributed by atoms with van der Waals surface area (Å²) in [6, 6.07) is 17.7. The second kappa shape index (κ2) is 9.02. The Hall–Kier alpha value is -2.66. The molecule has 0 unspecified atom stereocenters. The first-order valence-corrected chi connectivity index (χ1v) is 10.7. The summed E-state index contributed by atoms with van der Waals surface area (Å²) in [6.45, 7) is 1.87. The molecule has 4 nitrogen and oxygen atoms in total. The molecule has 1 amide bonds. The Bertz CT molecular complexity index is 892. The molecule has 4 rings (SSSR count). The number of carbonyl (C=O) groups excluding carboxylic acids is 1. The van der Waals surface area contributed by atoms with Gasteiger partial charge in [0.15, 0.2) is 0 Å². The maximum atomic E-state index is 13.3. The Balaban J connectivity index is 1.47. The molecule has 0 atom stereocenters. The third-order valence-electron chi connectivity index (χ3n) is 5.16. The lowest BCUT2D eigenvalue weighted by Gasteiger charge is -2.32. The van der Waals surface area contributed by atoms with Gasteiger partial charge in [-0.3, -0.25) is 4.79 Å². The highest BCUT2D eigenvalue weighted by molar-refractivity contribution is 7.07. The van der Waals surface area contributed by atoms with Crippen molar-refractivity contribution in [2.24, 2.45) is 5.92 Å². The van der Waals surface area contributed by atoms with Gasteiger partial charge in [-0.25, -0.2) is 4.98 Å². The fourth-order valence-electron chi connectivity index (χ4n) is 3.38. The van der Waals surface area contributed by atoms with Gasteiger partial charge in [0, 0.05) is 24.0 Å². The van der Waals surface area contributed by atoms with E-state index in [-0.39, 0.29) is 5.91 Å². The molecule has 1 heterocycles. The smallest absolute Gasteiger partial charge is 0.254 e. The van der Waals surface area contributed by atoms with Gasteiger partial charge in [-0.1, -0.05) is 42.8 Å². The quantitative estimate of drug-likeness (QED) is 0.531. The van der Waals surface area contributed by atoms with E-state index in [4.69, 9.17) is 4.74 Å². The molecule has 0 N–H and O–H groups in total. The second-order valence-corrected chi connectivity index (χ2v) is 7.98. The van der Waals surface area contributed by atoms with Gasteiger partial charge in [0.1, 0.15) is 12.4 Å². The molecule has 1 fully saturated rings. The molecule has 144 valence electrons. The Morgan fingerprint density at radius 3 is 2.71 bits per heavy atom. The third-order valence-corrected chi connectivity index (χ3v) is 5.79. The first-order valence-electron chi connectivity index (χ1n) is 9.71. The van der Waals surface area contributed by atoms with Crippen LogP contribution in [0.4, 0.5) is 0 Å². The zero-order valence-electron chi connectivity index (χ0n) is 15.8. The van der Waals surface area contributed by atoms with E-state index in [1.165, 1.54) is 19.3 Å². The summed E-state index contributed by atoms with van der Waals surface area (Å²) in [7, 11) is 0. The molecular weight excluding hydrogens is 368 g/mol. The van der Waals surface area contributed by atoms with Crippen molar-refractivity contribution in [2.45, 2.75) is 32.4 Å². The molecule has 0 radical (unpaired) electrons. The monoisotopic (exact) mass is 392 g/mol. The van der Waals surface area contributed by atoms with E-state index in [9.17, 15) is 4.79 Å². The van der Waals surface area contributed by atoms with Crippen LogP contribution in [0.15, 0.2) is 65.5 Å². The number of hydrogen-bond acceptors (Lipinski definition) is 4. The molecule has 1 aliphatic carbocycles. The zero-order valence-corrected chi connectivity index (χ0v) is 16.6. The van der Waals surface area contributed by atoms with Gasteiger partial charge in [0.05, 0.1) is 11.2 Å². The van der Waals surface area contributed by atoms with Gasteiger partial charge in [-0.05, 0) is 42.5 Å². The van der Waals surface area contributed by atoms with Crippen molar-refractivity contribution in [3.63, 3.8) is 0 Å². The van der Waals surface area contributed by atoms with Crippen molar-refractivity contribution < 1.29 is 9.53 Å². The molecule has 0 spiro atoms. The number of thiazole rings is 1. The van der Waals surface area contributed by atoms with E-state index in [0.29, 0.717) is 30.4 Å². The SMILES string of the molecule is O=C(c1cccc(OCc2cscn2)c1)N(Cc1ccccc1)CC1CCC1. The Kier molecular flexibility index (Phi) is 6.02. The fourth-order valence-corrected chi connectivity index (χ4v) is 3.92. The topological polar surface area (TPSA) is 42.4 Å². The summed E-state index contributed by atoms with van der Waals surface area (Å²) in [5.41, 5.74) is 4.52. The summed E-state index contributed by atoms with van der Waals surface area (Å²) < 4.78 is 5.83. The highest BCUT2D eigenvalue weighted by atomic mass is 32.1. The van der Waals surface area contributed by atoms with Gasteiger partial charge in [-0.15, -0.1) is 11.3 Å². The number of carbonyl (C=O) groups is 1. The van der Waals surface area contributed by atoms with Crippen molar-refractivity contribution in [1.82, 2.24) is 9.88 Å². The predicted molar refractivity (Wildman–Crippen MR) is 111 cm³/mol. The molecule has 0 bridgehead atoms. The van der Waals surface area contributed by atoms with Crippen molar-refractivity contribution in [3.8, 4) is 5.75 Å². The molecule has 3 aromatic rings. The van der Waals surface area contributed by atoms with Crippen LogP contribution >= 0.6 is 11.3 Å². The fraction of sp³-hybridized carbons (Fsp3) is 0.304. The van der Waals surface area contributed by atoms with Crippen LogP contribution in [0.5, 0.6) is 5.75 Å². The highest BCUT2D eigenvalue weighted by Crippen LogP contribution is 2.28. The Morgan fingerprint density at radius 2 is 2.00 bits per heavy atom. The van der Waals surface area contributed by atoms with E-state index >= 15 is 0 Å². The lowest BCUT2D eigenvalue weighted by Crippen LogP contribution is -2.37. The normalized spacial score (nSPS) is 13.7. The summed E-state index contributed by atoms with van der Waals surface area (Å²) in [4.78, 5) is 19.5. The van der Waals surface area contributed by atoms with Gasteiger partial charge in [0.25, 0.3) is 5.91 Å². The maximum Gasteiger partial charge on any atom is 0.254 e. The average molecular weight is 393 g/mol. The molecular formula is C23H24N2O2S. The molecule has 0 aliphatic heterocycles. The first kappa shape index (κ1) is 18.7. The van der Waals surface area contributed by atoms with Gasteiger partial charge in [-0.2, -0.15) is 0 Å². The number of benzene rings is 2. The number of rotatable bonds is 8. The minimum Gasteiger partial charge on any atom is -0.487 e. The lowest BCUT2D eigenvalue weighted by atomic mass is 9.85. The van der Waals surface area contributed by atoms with Gasteiger partial charge in [0.2, 0.25) is 0 Å². The summed E-state index contributed by atoms with van der Waals surface area (Å²) >= 11 is 1.55. The van der Waals surface area contributed by atoms with Crippen molar-refractivity contribution in [3.05, 3.63) is 82.3 Å². The standard InChI is InChI=1S/C23H24N2O2S/c26-23(20-10-5-11-22(12-20)27-15-21-16-28-17-24-21)25(14-19-8-4-9-19)13-18-6-2-1-3-7-18/h1-3,5-7,10-12,16-17,19H,4,8-9,13-15H2. The molecule has 1 aliphatic rings. The number of aromatic nitrogens is 1. The minimum absolute atomic E-state index is 0.0647. The van der Waals surface area contributed by atoms with Crippen LogP contribution in [0.2, 0.25) is 0 Å². The largest absolute Gasteiger partial charge is 0.487 e. The van der Waals surface area contributed by atoms with Crippen LogP contribution in [0.25, 0.3) is 0 Å². The van der Waals surface area contributed by atoms with Gasteiger partial charge < -0.3 is 9.64 Å². The van der Waals surface area contributed by atoms with Crippen molar-refractivity contribution >= 4 is 17.2 Å². The summed E-state index contributed by atoms with van der Waals surface area (Å²) in [5, 5.41) is 1.97. The van der Waals surface area contributed by atoms with Gasteiger partial charge >= 0.3 is 0 Å². The minimum atomic E-state index is 0.0647. The predicted octanol–water partition coefficient (Wildman–Crippen LogP) is 5.16. The molecule has 28 heavy (non-hydrogen) atoms. The molecule has 0 saturated heterocycles. The van der Waals surface area contributed by atoms with Crippen molar-refractivity contribution in [2.75, 3.05) is 6.54 Å². The molecule has 1 aromatic heterocycles. The van der Waals surface area contributed by atoms with E-state index < -0.39 is 0 Å². The summed E-state index contributed by atoms with van der Waals surface area (Å²) in [5.74, 6) is 1.38. The van der Waals surface area contributed by atoms with Crippen molar-refractivity contribution in [1.29, 1.82) is 0 Å². The first-order chi connectivity index (χ1) is 13.8. The summed E-state index contributed by atoms with van der Waals surface area (Å²) in [6.07, 6.45) is 3.71. The van der Waals surface area contributed by atoms with E-state index in [2.05, 4.69) is 17.1 Å². The van der Waals surface area contributed by atoms with E-state index in [0.717, 1.165) is 17.8 Å². The third kappa shape index (κ3) is 4.78. The maximum absolute atomic E-state index is 13.3. The molecule has 2 aromatic carbocycles. The number of amides is 1. The number of nitrogens with zero attached hydrogens (tertiary/aromatic N) is 2.